The molecule has 0 saturated heterocycles. The van der Waals surface area contributed by atoms with Gasteiger partial charge in [0.2, 0.25) is 0 Å². The zero-order valence-corrected chi connectivity index (χ0v) is 8.72. The molecule has 0 unspecified atom stereocenters. The number of aryl methyl sites for hydroxylation is 1. The van der Waals surface area contributed by atoms with Gasteiger partial charge in [-0.1, -0.05) is 44.0 Å². The Labute approximate surface area is 85.6 Å². The van der Waals surface area contributed by atoms with Gasteiger partial charge in [0.1, 0.15) is 5.84 Å². The van der Waals surface area contributed by atoms with E-state index in [4.69, 9.17) is 11.1 Å². The maximum atomic E-state index is 7.43. The average Bonchev–Trinajstić information content (AvgIpc) is 2.19. The second-order valence-electron chi connectivity index (χ2n) is 3.53. The molecule has 0 aliphatic carbocycles. The molecule has 0 bridgehead atoms. The molecule has 2 nitrogen and oxygen atoms in total. The molecule has 0 aliphatic rings. The molecule has 0 spiro atoms. The standard InChI is InChI=1S/C12H18N2/c1-2-3-4-7-10-8-5-6-9-11(10)12(13)14/h5-6,8-9H,2-4,7H2,1H3,(H3,13,14). The number of rotatable bonds is 5. The molecule has 0 aliphatic heterocycles. The van der Waals surface area contributed by atoms with E-state index < -0.39 is 0 Å². The number of nitrogens with two attached hydrogens (primary N) is 1. The number of amidine groups is 1. The summed E-state index contributed by atoms with van der Waals surface area (Å²) in [5.74, 6) is 0.178. The lowest BCUT2D eigenvalue weighted by atomic mass is 10.0. The molecule has 0 heterocycles. The predicted octanol–water partition coefficient (Wildman–Crippen LogP) is 2.70. The topological polar surface area (TPSA) is 49.9 Å². The van der Waals surface area contributed by atoms with Gasteiger partial charge in [-0.3, -0.25) is 5.41 Å². The van der Waals surface area contributed by atoms with Crippen LogP contribution >= 0.6 is 0 Å². The Bertz CT molecular complexity index is 305. The first-order valence-corrected chi connectivity index (χ1v) is 5.18. The molecule has 0 amide bonds. The van der Waals surface area contributed by atoms with Crippen LogP contribution in [-0.2, 0) is 6.42 Å². The molecule has 0 saturated carbocycles. The fraction of sp³-hybridized carbons (Fsp3) is 0.417. The van der Waals surface area contributed by atoms with Gasteiger partial charge in [0.15, 0.2) is 0 Å². The summed E-state index contributed by atoms with van der Waals surface area (Å²) in [5.41, 5.74) is 7.60. The molecular weight excluding hydrogens is 172 g/mol. The zero-order chi connectivity index (χ0) is 10.4. The number of nitrogen functional groups attached to an aromatic ring is 1. The van der Waals surface area contributed by atoms with Gasteiger partial charge >= 0.3 is 0 Å². The summed E-state index contributed by atoms with van der Waals surface area (Å²) in [7, 11) is 0. The van der Waals surface area contributed by atoms with Crippen molar-refractivity contribution in [2.45, 2.75) is 32.6 Å². The minimum absolute atomic E-state index is 0.178. The average molecular weight is 190 g/mol. The molecule has 0 aromatic heterocycles. The highest BCUT2D eigenvalue weighted by molar-refractivity contribution is 5.96. The summed E-state index contributed by atoms with van der Waals surface area (Å²) in [6.45, 7) is 2.19. The first-order valence-electron chi connectivity index (χ1n) is 5.18. The molecule has 2 heteroatoms. The van der Waals surface area contributed by atoms with Crippen molar-refractivity contribution in [3.8, 4) is 0 Å². The van der Waals surface area contributed by atoms with E-state index in [9.17, 15) is 0 Å². The first kappa shape index (κ1) is 10.8. The van der Waals surface area contributed by atoms with E-state index in [1.165, 1.54) is 24.8 Å². The molecule has 0 radical (unpaired) electrons. The van der Waals surface area contributed by atoms with Crippen LogP contribution in [0.1, 0.15) is 37.3 Å². The quantitative estimate of drug-likeness (QED) is 0.418. The van der Waals surface area contributed by atoms with Crippen molar-refractivity contribution >= 4 is 5.84 Å². The second-order valence-corrected chi connectivity index (χ2v) is 3.53. The third kappa shape index (κ3) is 2.87. The fourth-order valence-corrected chi connectivity index (χ4v) is 1.57. The molecule has 76 valence electrons. The van der Waals surface area contributed by atoms with E-state index in [-0.39, 0.29) is 5.84 Å². The number of hydrogen-bond acceptors (Lipinski definition) is 1. The molecule has 14 heavy (non-hydrogen) atoms. The van der Waals surface area contributed by atoms with E-state index in [0.29, 0.717) is 0 Å². The molecule has 1 aromatic rings. The molecule has 1 rings (SSSR count). The lowest BCUT2D eigenvalue weighted by molar-refractivity contribution is 0.717. The summed E-state index contributed by atoms with van der Waals surface area (Å²) >= 11 is 0. The predicted molar refractivity (Wildman–Crippen MR) is 60.7 cm³/mol. The van der Waals surface area contributed by atoms with Crippen molar-refractivity contribution in [2.24, 2.45) is 5.73 Å². The van der Waals surface area contributed by atoms with Crippen molar-refractivity contribution in [2.75, 3.05) is 0 Å². The van der Waals surface area contributed by atoms with Crippen LogP contribution in [0, 0.1) is 5.41 Å². The van der Waals surface area contributed by atoms with Crippen molar-refractivity contribution in [1.82, 2.24) is 0 Å². The van der Waals surface area contributed by atoms with Crippen molar-refractivity contribution in [3.63, 3.8) is 0 Å². The third-order valence-corrected chi connectivity index (χ3v) is 2.36. The monoisotopic (exact) mass is 190 g/mol. The Kier molecular flexibility index (Phi) is 4.17. The van der Waals surface area contributed by atoms with Crippen LogP contribution in [0.4, 0.5) is 0 Å². The Morgan fingerprint density at radius 3 is 2.64 bits per heavy atom. The Morgan fingerprint density at radius 2 is 2.00 bits per heavy atom. The highest BCUT2D eigenvalue weighted by Gasteiger charge is 2.02. The van der Waals surface area contributed by atoms with Crippen LogP contribution < -0.4 is 5.73 Å². The van der Waals surface area contributed by atoms with E-state index in [0.717, 1.165) is 12.0 Å². The highest BCUT2D eigenvalue weighted by atomic mass is 14.7. The largest absolute Gasteiger partial charge is 0.384 e. The minimum Gasteiger partial charge on any atom is -0.384 e. The van der Waals surface area contributed by atoms with Gasteiger partial charge in [0.25, 0.3) is 0 Å². The number of unbranched alkanes of at least 4 members (excludes halogenated alkanes) is 2. The Balaban J connectivity index is 2.69. The van der Waals surface area contributed by atoms with Gasteiger partial charge in [0, 0.05) is 5.56 Å². The smallest absolute Gasteiger partial charge is 0.123 e. The maximum Gasteiger partial charge on any atom is 0.123 e. The van der Waals surface area contributed by atoms with Crippen molar-refractivity contribution in [1.29, 1.82) is 5.41 Å². The number of benzene rings is 1. The van der Waals surface area contributed by atoms with Crippen molar-refractivity contribution in [3.05, 3.63) is 35.4 Å². The van der Waals surface area contributed by atoms with Gasteiger partial charge in [-0.25, -0.2) is 0 Å². The Morgan fingerprint density at radius 1 is 1.29 bits per heavy atom. The number of nitrogens with one attached hydrogen (secondary N) is 1. The van der Waals surface area contributed by atoms with Gasteiger partial charge in [0.05, 0.1) is 0 Å². The summed E-state index contributed by atoms with van der Waals surface area (Å²) in [4.78, 5) is 0. The van der Waals surface area contributed by atoms with Crippen LogP contribution in [0.25, 0.3) is 0 Å². The van der Waals surface area contributed by atoms with Crippen LogP contribution in [0.15, 0.2) is 24.3 Å². The fourth-order valence-electron chi connectivity index (χ4n) is 1.57. The van der Waals surface area contributed by atoms with Gasteiger partial charge in [-0.05, 0) is 18.4 Å². The van der Waals surface area contributed by atoms with Crippen LogP contribution in [-0.4, -0.2) is 5.84 Å². The maximum absolute atomic E-state index is 7.43. The normalized spacial score (nSPS) is 10.1. The molecule has 3 N–H and O–H groups in total. The molecule has 0 fully saturated rings. The van der Waals surface area contributed by atoms with Gasteiger partial charge in [-0.15, -0.1) is 0 Å². The van der Waals surface area contributed by atoms with Gasteiger partial charge in [-0.2, -0.15) is 0 Å². The SMILES string of the molecule is CCCCCc1ccccc1C(=N)N. The van der Waals surface area contributed by atoms with E-state index in [1.54, 1.807) is 0 Å². The molecule has 1 aromatic carbocycles. The van der Waals surface area contributed by atoms with Gasteiger partial charge < -0.3 is 5.73 Å². The van der Waals surface area contributed by atoms with E-state index in [2.05, 4.69) is 13.0 Å². The summed E-state index contributed by atoms with van der Waals surface area (Å²) in [6, 6.07) is 7.92. The summed E-state index contributed by atoms with van der Waals surface area (Å²) in [6.07, 6.45) is 4.68. The van der Waals surface area contributed by atoms with E-state index in [1.807, 2.05) is 18.2 Å². The summed E-state index contributed by atoms with van der Waals surface area (Å²) in [5, 5.41) is 7.43. The first-order chi connectivity index (χ1) is 6.75. The van der Waals surface area contributed by atoms with E-state index >= 15 is 0 Å². The lowest BCUT2D eigenvalue weighted by Gasteiger charge is -2.06. The third-order valence-electron chi connectivity index (χ3n) is 2.36. The Hall–Kier alpha value is -1.31. The lowest BCUT2D eigenvalue weighted by Crippen LogP contribution is -2.13. The van der Waals surface area contributed by atoms with Crippen LogP contribution in [0.3, 0.4) is 0 Å². The summed E-state index contributed by atoms with van der Waals surface area (Å²) < 4.78 is 0. The molecular formula is C12H18N2. The minimum atomic E-state index is 0.178. The van der Waals surface area contributed by atoms with Crippen molar-refractivity contribution < 1.29 is 0 Å². The van der Waals surface area contributed by atoms with Crippen LogP contribution in [0.5, 0.6) is 0 Å². The zero-order valence-electron chi connectivity index (χ0n) is 8.72. The van der Waals surface area contributed by atoms with Crippen LogP contribution in [0.2, 0.25) is 0 Å². The molecule has 0 atom stereocenters. The number of hydrogen-bond donors (Lipinski definition) is 2. The highest BCUT2D eigenvalue weighted by Crippen LogP contribution is 2.11. The second kappa shape index (κ2) is 5.43.